The number of benzene rings is 1. The van der Waals surface area contributed by atoms with E-state index in [9.17, 15) is 18.5 Å². The van der Waals surface area contributed by atoms with Crippen LogP contribution in [0.4, 0.5) is 5.69 Å². The molecule has 1 heterocycles. The maximum atomic E-state index is 12.2. The molecule has 1 saturated heterocycles. The Hall–Kier alpha value is -2.20. The highest BCUT2D eigenvalue weighted by atomic mass is 32.2. The zero-order valence-corrected chi connectivity index (χ0v) is 13.2. The van der Waals surface area contributed by atoms with Crippen LogP contribution in [-0.4, -0.2) is 62.8 Å². The van der Waals surface area contributed by atoms with Gasteiger partial charge < -0.3 is 15.4 Å². The van der Waals surface area contributed by atoms with Crippen molar-refractivity contribution in [2.75, 3.05) is 38.6 Å². The molecule has 2 rings (SSSR count). The third-order valence-electron chi connectivity index (χ3n) is 3.38. The first-order chi connectivity index (χ1) is 10.9. The summed E-state index contributed by atoms with van der Waals surface area (Å²) in [5.74, 6) is 0.0859. The molecule has 0 unspecified atom stereocenters. The molecule has 1 aliphatic rings. The lowest BCUT2D eigenvalue weighted by atomic mass is 10.3. The number of hydrogen-bond donors (Lipinski definition) is 1. The van der Waals surface area contributed by atoms with E-state index in [0.29, 0.717) is 32.3 Å². The van der Waals surface area contributed by atoms with Crippen molar-refractivity contribution in [3.63, 3.8) is 0 Å². The quantitative estimate of drug-likeness (QED) is 0.345. The Kier molecular flexibility index (Phi) is 5.50. The van der Waals surface area contributed by atoms with Gasteiger partial charge in [0, 0.05) is 25.2 Å². The zero-order valence-electron chi connectivity index (χ0n) is 12.4. The van der Waals surface area contributed by atoms with Crippen molar-refractivity contribution in [2.45, 2.75) is 4.90 Å². The van der Waals surface area contributed by atoms with E-state index in [2.05, 4.69) is 4.99 Å². The highest BCUT2D eigenvalue weighted by molar-refractivity contribution is 7.91. The van der Waals surface area contributed by atoms with Gasteiger partial charge in [-0.15, -0.1) is 0 Å². The Morgan fingerprint density at radius 2 is 1.91 bits per heavy atom. The molecule has 1 aromatic rings. The first kappa shape index (κ1) is 17.2. The standard InChI is InChI=1S/C13H18N4O5S/c14-13(16-6-8-22-9-7-16)15-5-10-23(20,21)12-3-1-11(2-4-12)17(18)19/h1-4H,5-10H2,(H2,14,15). The lowest BCUT2D eigenvalue weighted by Crippen LogP contribution is -2.45. The molecule has 10 heteroatoms. The van der Waals surface area contributed by atoms with Crippen LogP contribution in [0.5, 0.6) is 0 Å². The summed E-state index contributed by atoms with van der Waals surface area (Å²) in [7, 11) is -3.56. The van der Waals surface area contributed by atoms with Gasteiger partial charge in [-0.2, -0.15) is 0 Å². The smallest absolute Gasteiger partial charge is 0.269 e. The third kappa shape index (κ3) is 4.63. The number of nitrogens with zero attached hydrogens (tertiary/aromatic N) is 3. The predicted octanol–water partition coefficient (Wildman–Crippen LogP) is 0.0154. The Bertz CT molecular complexity index is 681. The van der Waals surface area contributed by atoms with Gasteiger partial charge in [0.15, 0.2) is 15.8 Å². The number of aliphatic imine (C=N–C) groups is 1. The van der Waals surface area contributed by atoms with Crippen LogP contribution < -0.4 is 5.73 Å². The van der Waals surface area contributed by atoms with Crippen molar-refractivity contribution in [1.29, 1.82) is 0 Å². The summed E-state index contributed by atoms with van der Waals surface area (Å²) in [6.45, 7) is 2.42. The van der Waals surface area contributed by atoms with E-state index in [4.69, 9.17) is 10.5 Å². The van der Waals surface area contributed by atoms with E-state index in [1.54, 1.807) is 0 Å². The molecule has 0 spiro atoms. The Morgan fingerprint density at radius 3 is 2.48 bits per heavy atom. The van der Waals surface area contributed by atoms with Gasteiger partial charge in [-0.25, -0.2) is 8.42 Å². The van der Waals surface area contributed by atoms with Crippen LogP contribution in [0.2, 0.25) is 0 Å². The molecule has 0 aromatic heterocycles. The van der Waals surface area contributed by atoms with Gasteiger partial charge in [0.1, 0.15) is 0 Å². The van der Waals surface area contributed by atoms with E-state index in [0.717, 1.165) is 12.1 Å². The molecule has 0 saturated carbocycles. The number of ether oxygens (including phenoxy) is 1. The van der Waals surface area contributed by atoms with Gasteiger partial charge in [-0.1, -0.05) is 0 Å². The van der Waals surface area contributed by atoms with Gasteiger partial charge in [-0.3, -0.25) is 15.1 Å². The average molecular weight is 342 g/mol. The second-order valence-electron chi connectivity index (χ2n) is 4.91. The van der Waals surface area contributed by atoms with Gasteiger partial charge >= 0.3 is 0 Å². The molecule has 1 fully saturated rings. The summed E-state index contributed by atoms with van der Waals surface area (Å²) in [6.07, 6.45) is 0. The minimum Gasteiger partial charge on any atom is -0.378 e. The van der Waals surface area contributed by atoms with Crippen LogP contribution in [0, 0.1) is 10.1 Å². The summed E-state index contributed by atoms with van der Waals surface area (Å²) in [4.78, 5) is 15.9. The lowest BCUT2D eigenvalue weighted by Gasteiger charge is -2.27. The number of sulfone groups is 1. The minimum atomic E-state index is -3.56. The van der Waals surface area contributed by atoms with Crippen LogP contribution >= 0.6 is 0 Å². The first-order valence-corrected chi connectivity index (χ1v) is 8.65. The van der Waals surface area contributed by atoms with Crippen LogP contribution in [0.1, 0.15) is 0 Å². The number of rotatable bonds is 5. The number of non-ortho nitro benzene ring substituents is 1. The van der Waals surface area contributed by atoms with Crippen molar-refractivity contribution in [2.24, 2.45) is 10.7 Å². The molecule has 0 aliphatic carbocycles. The molecule has 0 radical (unpaired) electrons. The number of nitro benzene ring substituents is 1. The Morgan fingerprint density at radius 1 is 1.30 bits per heavy atom. The Labute approximate surface area is 133 Å². The van der Waals surface area contributed by atoms with Gasteiger partial charge in [0.05, 0.1) is 35.3 Å². The highest BCUT2D eigenvalue weighted by Crippen LogP contribution is 2.16. The van der Waals surface area contributed by atoms with Crippen LogP contribution in [-0.2, 0) is 14.6 Å². The maximum absolute atomic E-state index is 12.2. The summed E-state index contributed by atoms with van der Waals surface area (Å²) in [5.41, 5.74) is 5.67. The number of nitrogens with two attached hydrogens (primary N) is 1. The van der Waals surface area contributed by atoms with Crippen molar-refractivity contribution in [3.05, 3.63) is 34.4 Å². The molecule has 2 N–H and O–H groups in total. The SMILES string of the molecule is NC(=NCCS(=O)(=O)c1ccc([N+](=O)[O-])cc1)N1CCOCC1. The molecule has 1 aromatic carbocycles. The van der Waals surface area contributed by atoms with Gasteiger partial charge in [0.25, 0.3) is 5.69 Å². The average Bonchev–Trinajstić information content (AvgIpc) is 2.55. The normalized spacial score (nSPS) is 16.3. The van der Waals surface area contributed by atoms with E-state index >= 15 is 0 Å². The minimum absolute atomic E-state index is 0.0303. The topological polar surface area (TPSA) is 128 Å². The lowest BCUT2D eigenvalue weighted by molar-refractivity contribution is -0.384. The fourth-order valence-electron chi connectivity index (χ4n) is 2.07. The fraction of sp³-hybridized carbons (Fsp3) is 0.462. The summed E-state index contributed by atoms with van der Waals surface area (Å²) < 4.78 is 29.5. The number of hydrogen-bond acceptors (Lipinski definition) is 6. The van der Waals surface area contributed by atoms with E-state index in [1.165, 1.54) is 12.1 Å². The van der Waals surface area contributed by atoms with E-state index in [1.807, 2.05) is 4.90 Å². The van der Waals surface area contributed by atoms with Gasteiger partial charge in [-0.05, 0) is 12.1 Å². The molecule has 0 atom stereocenters. The molecule has 126 valence electrons. The summed E-state index contributed by atoms with van der Waals surface area (Å²) in [5, 5.41) is 10.6. The second kappa shape index (κ2) is 7.38. The van der Waals surface area contributed by atoms with Crippen LogP contribution in [0.15, 0.2) is 34.2 Å². The second-order valence-corrected chi connectivity index (χ2v) is 7.02. The number of guanidine groups is 1. The number of morpholine rings is 1. The summed E-state index contributed by atoms with van der Waals surface area (Å²) in [6, 6.07) is 4.78. The predicted molar refractivity (Wildman–Crippen MR) is 84.0 cm³/mol. The first-order valence-electron chi connectivity index (χ1n) is 7.00. The molecular weight excluding hydrogens is 324 g/mol. The molecule has 0 bridgehead atoms. The summed E-state index contributed by atoms with van der Waals surface area (Å²) >= 11 is 0. The van der Waals surface area contributed by atoms with Gasteiger partial charge in [0.2, 0.25) is 0 Å². The number of nitro groups is 1. The van der Waals surface area contributed by atoms with Crippen molar-refractivity contribution in [3.8, 4) is 0 Å². The molecule has 0 amide bonds. The van der Waals surface area contributed by atoms with Crippen LogP contribution in [0.25, 0.3) is 0 Å². The molecule has 1 aliphatic heterocycles. The van der Waals surface area contributed by atoms with Crippen molar-refractivity contribution >= 4 is 21.5 Å². The monoisotopic (exact) mass is 342 g/mol. The van der Waals surface area contributed by atoms with E-state index < -0.39 is 14.8 Å². The third-order valence-corrected chi connectivity index (χ3v) is 5.09. The molecule has 23 heavy (non-hydrogen) atoms. The zero-order chi connectivity index (χ0) is 16.9. The van der Waals surface area contributed by atoms with Crippen molar-refractivity contribution in [1.82, 2.24) is 4.90 Å². The van der Waals surface area contributed by atoms with E-state index in [-0.39, 0.29) is 22.9 Å². The largest absolute Gasteiger partial charge is 0.378 e. The fourth-order valence-corrected chi connectivity index (χ4v) is 3.18. The molecule has 9 nitrogen and oxygen atoms in total. The Balaban J connectivity index is 1.96. The van der Waals surface area contributed by atoms with Crippen molar-refractivity contribution < 1.29 is 18.1 Å². The molecular formula is C13H18N4O5S. The maximum Gasteiger partial charge on any atom is 0.269 e. The highest BCUT2D eigenvalue weighted by Gasteiger charge is 2.17. The van der Waals surface area contributed by atoms with Crippen LogP contribution in [0.3, 0.4) is 0 Å².